The summed E-state index contributed by atoms with van der Waals surface area (Å²) in [7, 11) is 3.29. The van der Waals surface area contributed by atoms with E-state index >= 15 is 0 Å². The van der Waals surface area contributed by atoms with Gasteiger partial charge in [-0.15, -0.1) is 0 Å². The van der Waals surface area contributed by atoms with Gasteiger partial charge in [-0.25, -0.2) is 0 Å². The zero-order valence-corrected chi connectivity index (χ0v) is 19.6. The van der Waals surface area contributed by atoms with E-state index in [1.54, 1.807) is 14.2 Å². The second kappa shape index (κ2) is 10.9. The number of carbonyl (C=O) groups is 1. The van der Waals surface area contributed by atoms with Crippen molar-refractivity contribution < 1.29 is 19.0 Å². The van der Waals surface area contributed by atoms with Gasteiger partial charge in [0.15, 0.2) is 11.5 Å². The first-order chi connectivity index (χ1) is 15.4. The Labute approximate surface area is 190 Å². The fraction of sp³-hybridized carbons (Fsp3) is 0.370. The van der Waals surface area contributed by atoms with Gasteiger partial charge in [0.25, 0.3) is 0 Å². The molecule has 5 heteroatoms. The van der Waals surface area contributed by atoms with Crippen molar-refractivity contribution in [1.29, 1.82) is 0 Å². The highest BCUT2D eigenvalue weighted by atomic mass is 16.5. The smallest absolute Gasteiger partial charge is 0.227 e. The average Bonchev–Trinajstić information content (AvgIpc) is 2.81. The predicted octanol–water partition coefficient (Wildman–Crippen LogP) is 5.70. The molecule has 1 atom stereocenters. The molecule has 0 unspecified atom stereocenters. The monoisotopic (exact) mass is 435 g/mol. The van der Waals surface area contributed by atoms with Crippen molar-refractivity contribution >= 4 is 16.7 Å². The van der Waals surface area contributed by atoms with Gasteiger partial charge in [-0.1, -0.05) is 44.2 Å². The van der Waals surface area contributed by atoms with E-state index in [0.717, 1.165) is 39.8 Å². The molecule has 0 aliphatic heterocycles. The highest BCUT2D eigenvalue weighted by Gasteiger charge is 2.16. The van der Waals surface area contributed by atoms with Gasteiger partial charge in [0, 0.05) is 6.54 Å². The molecule has 1 N–H and O–H groups in total. The number of methoxy groups -OCH3 is 2. The molecule has 1 amide bonds. The molecule has 0 aliphatic carbocycles. The van der Waals surface area contributed by atoms with Gasteiger partial charge in [-0.3, -0.25) is 4.79 Å². The van der Waals surface area contributed by atoms with Crippen LogP contribution in [0.25, 0.3) is 10.8 Å². The maximum atomic E-state index is 12.8. The normalized spacial score (nSPS) is 11.9. The lowest BCUT2D eigenvalue weighted by Crippen LogP contribution is -2.27. The fourth-order valence-electron chi connectivity index (χ4n) is 3.48. The molecular weight excluding hydrogens is 402 g/mol. The second-order valence-corrected chi connectivity index (χ2v) is 8.43. The lowest BCUT2D eigenvalue weighted by Gasteiger charge is -2.15. The van der Waals surface area contributed by atoms with Crippen molar-refractivity contribution in [3.05, 3.63) is 65.7 Å². The third kappa shape index (κ3) is 5.94. The Morgan fingerprint density at radius 3 is 2.34 bits per heavy atom. The molecule has 0 heterocycles. The van der Waals surface area contributed by atoms with E-state index in [-0.39, 0.29) is 11.8 Å². The minimum atomic E-state index is -0.262. The zero-order valence-electron chi connectivity index (χ0n) is 19.6. The Kier molecular flexibility index (Phi) is 7.98. The number of hydrogen-bond acceptors (Lipinski definition) is 4. The maximum absolute atomic E-state index is 12.8. The summed E-state index contributed by atoms with van der Waals surface area (Å²) >= 11 is 0. The predicted molar refractivity (Wildman–Crippen MR) is 129 cm³/mol. The molecule has 32 heavy (non-hydrogen) atoms. The Morgan fingerprint density at radius 2 is 1.62 bits per heavy atom. The van der Waals surface area contributed by atoms with Crippen LogP contribution >= 0.6 is 0 Å². The van der Waals surface area contributed by atoms with Crippen LogP contribution in [-0.4, -0.2) is 26.7 Å². The molecule has 170 valence electrons. The van der Waals surface area contributed by atoms with Crippen LogP contribution in [0.5, 0.6) is 17.2 Å². The van der Waals surface area contributed by atoms with Crippen molar-refractivity contribution in [2.45, 2.75) is 39.7 Å². The lowest BCUT2D eigenvalue weighted by atomic mass is 9.97. The number of rotatable bonds is 10. The summed E-state index contributed by atoms with van der Waals surface area (Å²) in [6.45, 7) is 7.34. The number of carbonyl (C=O) groups excluding carboxylic acids is 1. The van der Waals surface area contributed by atoms with Gasteiger partial charge in [0.1, 0.15) is 5.75 Å². The molecule has 0 bridgehead atoms. The molecule has 3 aromatic rings. The molecular formula is C27H33NO4. The highest BCUT2D eigenvalue weighted by Crippen LogP contribution is 2.29. The molecule has 0 saturated carbocycles. The first-order valence-corrected chi connectivity index (χ1v) is 11.1. The van der Waals surface area contributed by atoms with Gasteiger partial charge >= 0.3 is 0 Å². The van der Waals surface area contributed by atoms with E-state index in [1.807, 2.05) is 55.5 Å². The lowest BCUT2D eigenvalue weighted by molar-refractivity contribution is -0.122. The number of fused-ring (bicyclic) bond motifs is 1. The molecule has 0 aromatic heterocycles. The summed E-state index contributed by atoms with van der Waals surface area (Å²) in [6, 6.07) is 17.8. The van der Waals surface area contributed by atoms with E-state index in [1.165, 1.54) is 0 Å². The van der Waals surface area contributed by atoms with Gasteiger partial charge < -0.3 is 19.5 Å². The van der Waals surface area contributed by atoms with Crippen LogP contribution < -0.4 is 19.5 Å². The Bertz CT molecular complexity index is 1060. The highest BCUT2D eigenvalue weighted by molar-refractivity contribution is 5.88. The van der Waals surface area contributed by atoms with Crippen LogP contribution in [-0.2, 0) is 11.3 Å². The van der Waals surface area contributed by atoms with E-state index in [4.69, 9.17) is 14.2 Å². The Morgan fingerprint density at radius 1 is 0.875 bits per heavy atom. The first-order valence-electron chi connectivity index (χ1n) is 11.1. The van der Waals surface area contributed by atoms with Crippen LogP contribution in [0.15, 0.2) is 54.6 Å². The van der Waals surface area contributed by atoms with Crippen LogP contribution in [0.2, 0.25) is 0 Å². The molecule has 0 radical (unpaired) electrons. The summed E-state index contributed by atoms with van der Waals surface area (Å²) in [5, 5.41) is 5.21. The number of nitrogens with one attached hydrogen (secondary N) is 1. The van der Waals surface area contributed by atoms with Crippen LogP contribution in [0.3, 0.4) is 0 Å². The van der Waals surface area contributed by atoms with Crippen LogP contribution in [0.4, 0.5) is 0 Å². The standard InChI is InChI=1S/C27H33NO4/c1-18(2)12-13-32-25-11-6-20(14-26(25)31-5)17-28-27(29)19(3)21-7-8-23-16-24(30-4)10-9-22(23)15-21/h6-11,14-16,18-19H,12-13,17H2,1-5H3,(H,28,29)/t19-/m0/s1. The quantitative estimate of drug-likeness (QED) is 0.444. The van der Waals surface area contributed by atoms with Crippen molar-refractivity contribution in [3.63, 3.8) is 0 Å². The minimum Gasteiger partial charge on any atom is -0.497 e. The number of hydrogen-bond donors (Lipinski definition) is 1. The zero-order chi connectivity index (χ0) is 23.1. The van der Waals surface area contributed by atoms with E-state index in [0.29, 0.717) is 24.8 Å². The fourth-order valence-corrected chi connectivity index (χ4v) is 3.48. The minimum absolute atomic E-state index is 0.0194. The van der Waals surface area contributed by atoms with E-state index in [9.17, 15) is 4.79 Å². The molecule has 3 aromatic carbocycles. The van der Waals surface area contributed by atoms with Crippen molar-refractivity contribution in [1.82, 2.24) is 5.32 Å². The van der Waals surface area contributed by atoms with Crippen molar-refractivity contribution in [2.24, 2.45) is 5.92 Å². The van der Waals surface area contributed by atoms with Crippen LogP contribution in [0.1, 0.15) is 44.2 Å². The summed E-state index contributed by atoms with van der Waals surface area (Å²) in [4.78, 5) is 12.8. The van der Waals surface area contributed by atoms with Gasteiger partial charge in [0.2, 0.25) is 5.91 Å². The number of ether oxygens (including phenoxy) is 3. The SMILES string of the molecule is COc1ccc2cc([C@H](C)C(=O)NCc3ccc(OCCC(C)C)c(OC)c3)ccc2c1. The third-order valence-electron chi connectivity index (χ3n) is 5.61. The number of amides is 1. The van der Waals surface area contributed by atoms with Gasteiger partial charge in [0.05, 0.1) is 26.7 Å². The molecule has 0 spiro atoms. The average molecular weight is 436 g/mol. The summed E-state index contributed by atoms with van der Waals surface area (Å²) in [5.41, 5.74) is 1.94. The van der Waals surface area contributed by atoms with Gasteiger partial charge in [-0.2, -0.15) is 0 Å². The molecule has 3 rings (SSSR count). The Balaban J connectivity index is 1.62. The summed E-state index contributed by atoms with van der Waals surface area (Å²) in [6.07, 6.45) is 0.987. The maximum Gasteiger partial charge on any atom is 0.227 e. The van der Waals surface area contributed by atoms with Crippen LogP contribution in [0, 0.1) is 5.92 Å². The second-order valence-electron chi connectivity index (χ2n) is 8.43. The third-order valence-corrected chi connectivity index (χ3v) is 5.61. The molecule has 0 saturated heterocycles. The molecule has 5 nitrogen and oxygen atoms in total. The largest absolute Gasteiger partial charge is 0.497 e. The molecule has 0 aliphatic rings. The van der Waals surface area contributed by atoms with E-state index < -0.39 is 0 Å². The van der Waals surface area contributed by atoms with Crippen molar-refractivity contribution in [3.8, 4) is 17.2 Å². The topological polar surface area (TPSA) is 56.8 Å². The summed E-state index contributed by atoms with van der Waals surface area (Å²) < 4.78 is 16.6. The van der Waals surface area contributed by atoms with E-state index in [2.05, 4.69) is 25.2 Å². The van der Waals surface area contributed by atoms with Crippen molar-refractivity contribution in [2.75, 3.05) is 20.8 Å². The Hall–Kier alpha value is -3.21. The molecule has 0 fully saturated rings. The summed E-state index contributed by atoms with van der Waals surface area (Å²) in [5.74, 6) is 2.53. The number of benzene rings is 3. The van der Waals surface area contributed by atoms with Gasteiger partial charge in [-0.05, 0) is 65.4 Å². The first kappa shape index (κ1) is 23.5.